The number of piperazine rings is 1. The molecule has 3 saturated heterocycles. The molecule has 0 aliphatic carbocycles. The number of nitrogens with zero attached hydrogens (tertiary/aromatic N) is 7. The lowest BCUT2D eigenvalue weighted by Crippen LogP contribution is -2.58. The number of carbonyl (C=O) groups is 4. The van der Waals surface area contributed by atoms with Crippen LogP contribution < -0.4 is 35.8 Å². The number of benzene rings is 3. The molecular formula is C41H46ClN10O6P. The number of carbonyl (C=O) groups excluding carboxylic acids is 4. The molecule has 5 heterocycles. The van der Waals surface area contributed by atoms with Crippen LogP contribution in [0.1, 0.15) is 40.0 Å². The first-order valence-corrected chi connectivity index (χ1v) is 22.6. The molecular weight excluding hydrogens is 795 g/mol. The van der Waals surface area contributed by atoms with Gasteiger partial charge in [-0.1, -0.05) is 29.8 Å². The summed E-state index contributed by atoms with van der Waals surface area (Å²) in [6.07, 6.45) is 3.42. The number of imide groups is 2. The van der Waals surface area contributed by atoms with Gasteiger partial charge in [-0.2, -0.15) is 9.99 Å². The molecule has 3 aromatic carbocycles. The minimum Gasteiger partial charge on any atom is -0.494 e. The van der Waals surface area contributed by atoms with Crippen molar-refractivity contribution < 1.29 is 28.5 Å². The highest BCUT2D eigenvalue weighted by Crippen LogP contribution is 2.39. The molecule has 0 unspecified atom stereocenters. The molecule has 0 saturated carbocycles. The van der Waals surface area contributed by atoms with Crippen LogP contribution in [0, 0.1) is 5.92 Å². The SMILES string of the molecule is COc1cc(N2CCN(CC3CCN(c4cccc5c4C(=O)N(N4CCC(=O)NC4=O)C5=O)CC3)CC2)ccc1Nc1ncc(Cl)c(Nc2ccccc2P(C)(C)=O)n1. The Balaban J connectivity index is 0.847. The van der Waals surface area contributed by atoms with Crippen LogP contribution >= 0.6 is 18.7 Å². The fourth-order valence-corrected chi connectivity index (χ4v) is 9.48. The summed E-state index contributed by atoms with van der Waals surface area (Å²) < 4.78 is 18.7. The Morgan fingerprint density at radius 3 is 2.36 bits per heavy atom. The Morgan fingerprint density at radius 1 is 0.864 bits per heavy atom. The van der Waals surface area contributed by atoms with E-state index < -0.39 is 30.9 Å². The largest absolute Gasteiger partial charge is 0.494 e. The quantitative estimate of drug-likeness (QED) is 0.130. The first kappa shape index (κ1) is 40.1. The van der Waals surface area contributed by atoms with E-state index in [2.05, 4.69) is 46.7 Å². The van der Waals surface area contributed by atoms with E-state index in [1.54, 1.807) is 32.6 Å². The van der Waals surface area contributed by atoms with Gasteiger partial charge in [-0.3, -0.25) is 24.6 Å². The Kier molecular flexibility index (Phi) is 11.2. The lowest BCUT2D eigenvalue weighted by Gasteiger charge is -2.40. The third-order valence-corrected chi connectivity index (χ3v) is 13.1. The number of urea groups is 1. The second kappa shape index (κ2) is 16.5. The number of ether oxygens (including phenoxy) is 1. The van der Waals surface area contributed by atoms with Gasteiger partial charge in [0.1, 0.15) is 17.9 Å². The molecule has 8 rings (SSSR count). The number of para-hydroxylation sites is 1. The lowest BCUT2D eigenvalue weighted by atomic mass is 9.94. The Bertz CT molecular complexity index is 2360. The average molecular weight is 841 g/mol. The van der Waals surface area contributed by atoms with Gasteiger partial charge in [0.2, 0.25) is 11.9 Å². The van der Waals surface area contributed by atoms with E-state index in [1.165, 1.54) is 6.20 Å². The minimum atomic E-state index is -2.56. The van der Waals surface area contributed by atoms with Crippen LogP contribution in [-0.4, -0.2) is 121 Å². The molecule has 0 bridgehead atoms. The van der Waals surface area contributed by atoms with Crippen LogP contribution in [0.2, 0.25) is 5.02 Å². The van der Waals surface area contributed by atoms with Gasteiger partial charge in [-0.25, -0.2) is 14.8 Å². The topological polar surface area (TPSA) is 173 Å². The van der Waals surface area contributed by atoms with E-state index in [0.717, 1.165) is 74.4 Å². The zero-order valence-corrected chi connectivity index (χ0v) is 34.8. The van der Waals surface area contributed by atoms with Crippen molar-refractivity contribution >= 4 is 82.3 Å². The van der Waals surface area contributed by atoms with Crippen molar-refractivity contribution in [2.45, 2.75) is 19.3 Å². The molecule has 4 aromatic rings. The number of nitrogens with one attached hydrogen (secondary N) is 3. The van der Waals surface area contributed by atoms with Gasteiger partial charge in [0, 0.05) is 69.3 Å². The van der Waals surface area contributed by atoms with E-state index in [9.17, 15) is 23.7 Å². The highest BCUT2D eigenvalue weighted by Gasteiger charge is 2.45. The summed E-state index contributed by atoms with van der Waals surface area (Å²) in [5.74, 6) is 0.302. The number of halogens is 1. The highest BCUT2D eigenvalue weighted by molar-refractivity contribution is 7.70. The van der Waals surface area contributed by atoms with Crippen molar-refractivity contribution in [2.24, 2.45) is 5.92 Å². The zero-order chi connectivity index (χ0) is 41.4. The number of piperidine rings is 1. The molecule has 3 N–H and O–H groups in total. The monoisotopic (exact) mass is 840 g/mol. The molecule has 5 amide bonds. The molecule has 0 spiro atoms. The van der Waals surface area contributed by atoms with Crippen LogP contribution in [-0.2, 0) is 9.36 Å². The maximum absolute atomic E-state index is 13.6. The summed E-state index contributed by atoms with van der Waals surface area (Å²) in [4.78, 5) is 67.1. The van der Waals surface area contributed by atoms with Crippen molar-refractivity contribution in [3.05, 3.63) is 83.0 Å². The second-order valence-corrected chi connectivity index (χ2v) is 19.0. The van der Waals surface area contributed by atoms with Crippen molar-refractivity contribution in [1.29, 1.82) is 0 Å². The summed E-state index contributed by atoms with van der Waals surface area (Å²) in [5.41, 5.74) is 3.70. The molecule has 4 aliphatic heterocycles. The van der Waals surface area contributed by atoms with Crippen molar-refractivity contribution in [3.63, 3.8) is 0 Å². The van der Waals surface area contributed by atoms with Gasteiger partial charge in [-0.05, 0) is 68.5 Å². The number of hydrogen-bond donors (Lipinski definition) is 3. The van der Waals surface area contributed by atoms with E-state index in [1.807, 2.05) is 42.5 Å². The number of anilines is 6. The van der Waals surface area contributed by atoms with Crippen LogP contribution in [0.3, 0.4) is 0 Å². The van der Waals surface area contributed by atoms with E-state index >= 15 is 0 Å². The molecule has 0 radical (unpaired) electrons. The second-order valence-electron chi connectivity index (χ2n) is 15.5. The normalized spacial score (nSPS) is 18.0. The van der Waals surface area contributed by atoms with Gasteiger partial charge in [0.25, 0.3) is 11.8 Å². The minimum absolute atomic E-state index is 0.0131. The van der Waals surface area contributed by atoms with Gasteiger partial charge in [0.05, 0.1) is 48.0 Å². The van der Waals surface area contributed by atoms with Gasteiger partial charge in [-0.15, -0.1) is 0 Å². The number of methoxy groups -OCH3 is 1. The summed E-state index contributed by atoms with van der Waals surface area (Å²) in [7, 11) is -0.931. The molecule has 1 aromatic heterocycles. The Labute approximate surface area is 347 Å². The van der Waals surface area contributed by atoms with Crippen LogP contribution in [0.25, 0.3) is 0 Å². The maximum atomic E-state index is 13.6. The number of rotatable bonds is 11. The summed E-state index contributed by atoms with van der Waals surface area (Å²) >= 11 is 6.47. The van der Waals surface area contributed by atoms with Gasteiger partial charge < -0.3 is 29.7 Å². The smallest absolute Gasteiger partial charge is 0.343 e. The van der Waals surface area contributed by atoms with Gasteiger partial charge >= 0.3 is 6.03 Å². The lowest BCUT2D eigenvalue weighted by molar-refractivity contribution is -0.122. The summed E-state index contributed by atoms with van der Waals surface area (Å²) in [5, 5.41) is 11.6. The fraction of sp³-hybridized carbons (Fsp3) is 0.366. The standard InChI is InChI=1S/C41H46ClN10O6P/c1-58-33-23-27(11-12-30(33)45-40-43-24-29(42)37(47-40)44-31-8-4-5-10-34(31)59(2,3)57)49-21-19-48(20-22-49)25-26-13-16-50(17-14-26)32-9-6-7-28-36(32)39(55)52(38(28)54)51-18-15-35(53)46-41(51)56/h4-12,23-24,26H,13-22,25H2,1-3H3,(H,46,53,56)(H2,43,44,45,47). The van der Waals surface area contributed by atoms with E-state index in [-0.39, 0.29) is 18.5 Å². The van der Waals surface area contributed by atoms with Crippen LogP contribution in [0.5, 0.6) is 5.75 Å². The summed E-state index contributed by atoms with van der Waals surface area (Å²) in [6, 6.07) is 17.9. The van der Waals surface area contributed by atoms with Gasteiger partial charge in [0.15, 0.2) is 5.82 Å². The Hall–Kier alpha value is -5.70. The molecule has 18 heteroatoms. The van der Waals surface area contributed by atoms with Crippen LogP contribution in [0.15, 0.2) is 66.9 Å². The number of aromatic nitrogens is 2. The first-order valence-electron chi connectivity index (χ1n) is 19.6. The van der Waals surface area contributed by atoms with Crippen molar-refractivity contribution in [3.8, 4) is 5.75 Å². The molecule has 4 aliphatic rings. The first-order chi connectivity index (χ1) is 28.4. The fourth-order valence-electron chi connectivity index (χ4n) is 8.19. The third kappa shape index (κ3) is 8.30. The molecule has 0 atom stereocenters. The third-order valence-electron chi connectivity index (χ3n) is 11.3. The van der Waals surface area contributed by atoms with E-state index in [4.69, 9.17) is 16.3 Å². The number of fused-ring (bicyclic) bond motifs is 1. The highest BCUT2D eigenvalue weighted by atomic mass is 35.5. The Morgan fingerprint density at radius 2 is 1.63 bits per heavy atom. The predicted octanol–water partition coefficient (Wildman–Crippen LogP) is 5.37. The van der Waals surface area contributed by atoms with Crippen molar-refractivity contribution in [1.82, 2.24) is 30.2 Å². The molecule has 308 valence electrons. The number of amides is 5. The predicted molar refractivity (Wildman–Crippen MR) is 228 cm³/mol. The van der Waals surface area contributed by atoms with Crippen molar-refractivity contribution in [2.75, 3.05) is 93.2 Å². The average Bonchev–Trinajstić information content (AvgIpc) is 3.48. The summed E-state index contributed by atoms with van der Waals surface area (Å²) in [6.45, 7) is 9.44. The number of hydrogen-bond acceptors (Lipinski definition) is 13. The molecule has 59 heavy (non-hydrogen) atoms. The zero-order valence-electron chi connectivity index (χ0n) is 33.1. The molecule has 3 fully saturated rings. The molecule has 16 nitrogen and oxygen atoms in total. The number of hydrazine groups is 1. The van der Waals surface area contributed by atoms with Crippen LogP contribution in [0.4, 0.5) is 39.3 Å². The van der Waals surface area contributed by atoms with E-state index in [0.29, 0.717) is 56.4 Å². The maximum Gasteiger partial charge on any atom is 0.343 e.